The van der Waals surface area contributed by atoms with Crippen molar-refractivity contribution in [3.63, 3.8) is 0 Å². The number of rotatable bonds is 6. The van der Waals surface area contributed by atoms with Crippen LogP contribution in [-0.2, 0) is 21.5 Å². The minimum atomic E-state index is -1.53. The number of hydrogen-bond donors (Lipinski definition) is 3. The average molecular weight is 535 g/mol. The summed E-state index contributed by atoms with van der Waals surface area (Å²) in [6.07, 6.45) is 3.93. The maximum absolute atomic E-state index is 13.9. The van der Waals surface area contributed by atoms with E-state index in [-0.39, 0.29) is 39.5 Å². The molecule has 9 heteroatoms. The molecule has 0 saturated carbocycles. The van der Waals surface area contributed by atoms with Crippen molar-refractivity contribution in [3.8, 4) is 17.2 Å². The van der Waals surface area contributed by atoms with Crippen LogP contribution in [-0.4, -0.2) is 38.7 Å². The summed E-state index contributed by atoms with van der Waals surface area (Å²) in [5.41, 5.74) is -0.132. The lowest BCUT2D eigenvalue weighted by Gasteiger charge is -2.29. The van der Waals surface area contributed by atoms with Crippen molar-refractivity contribution < 1.29 is 29.3 Å². The first-order valence-electron chi connectivity index (χ1n) is 12.2. The number of phenols is 2. The van der Waals surface area contributed by atoms with Crippen LogP contribution in [0.5, 0.6) is 17.2 Å². The van der Waals surface area contributed by atoms with Gasteiger partial charge in [-0.05, 0) is 57.7 Å². The lowest BCUT2D eigenvalue weighted by Crippen LogP contribution is -2.41. The van der Waals surface area contributed by atoms with E-state index in [4.69, 9.17) is 16.3 Å². The lowest BCUT2D eigenvalue weighted by molar-refractivity contribution is -0.123. The first-order chi connectivity index (χ1) is 18.0. The van der Waals surface area contributed by atoms with E-state index >= 15 is 0 Å². The molecule has 196 valence electrons. The molecule has 1 aliphatic carbocycles. The van der Waals surface area contributed by atoms with Crippen LogP contribution in [0.25, 0.3) is 10.9 Å². The van der Waals surface area contributed by atoms with Crippen LogP contribution >= 0.6 is 11.6 Å². The number of nitrogens with one attached hydrogen (secondary N) is 1. The molecule has 0 radical (unpaired) electrons. The van der Waals surface area contributed by atoms with E-state index in [0.717, 1.165) is 17.3 Å². The lowest BCUT2D eigenvalue weighted by atomic mass is 9.70. The zero-order valence-corrected chi connectivity index (χ0v) is 22.2. The highest BCUT2D eigenvalue weighted by molar-refractivity contribution is 6.31. The number of ether oxygens (including phenoxy) is 1. The Morgan fingerprint density at radius 1 is 1.16 bits per heavy atom. The molecule has 1 aliphatic heterocycles. The number of aromatic nitrogens is 1. The number of hydrogen-bond acceptors (Lipinski definition) is 7. The first-order valence-corrected chi connectivity index (χ1v) is 12.6. The number of carbonyl (C=O) groups excluding carboxylic acids is 3. The van der Waals surface area contributed by atoms with Crippen LogP contribution in [0, 0.1) is 6.92 Å². The highest BCUT2D eigenvalue weighted by Crippen LogP contribution is 2.57. The van der Waals surface area contributed by atoms with Crippen LogP contribution in [0.3, 0.4) is 0 Å². The van der Waals surface area contributed by atoms with E-state index in [1.54, 1.807) is 13.8 Å². The van der Waals surface area contributed by atoms with Crippen molar-refractivity contribution in [2.75, 3.05) is 6.54 Å². The van der Waals surface area contributed by atoms with Gasteiger partial charge in [0.25, 0.3) is 0 Å². The van der Waals surface area contributed by atoms with Gasteiger partial charge in [-0.25, -0.2) is 0 Å². The Bertz CT molecular complexity index is 1630. The summed E-state index contributed by atoms with van der Waals surface area (Å²) in [7, 11) is 0. The number of benzene rings is 2. The Hall–Kier alpha value is -4.04. The van der Waals surface area contributed by atoms with Crippen LogP contribution < -0.4 is 10.1 Å². The topological polar surface area (TPSA) is 118 Å². The van der Waals surface area contributed by atoms with Crippen molar-refractivity contribution in [2.24, 2.45) is 0 Å². The molecule has 3 aromatic rings. The van der Waals surface area contributed by atoms with Crippen LogP contribution in [0.4, 0.5) is 0 Å². The van der Waals surface area contributed by atoms with Gasteiger partial charge < -0.3 is 24.8 Å². The van der Waals surface area contributed by atoms with Crippen LogP contribution in [0.15, 0.2) is 53.6 Å². The number of Topliss-reactive ketones (excluding diaryl/α,β-unsaturated/α-hetero) is 2. The van der Waals surface area contributed by atoms with E-state index in [1.807, 2.05) is 30.5 Å². The number of ketones is 3. The summed E-state index contributed by atoms with van der Waals surface area (Å²) in [5, 5.41) is 26.4. The van der Waals surface area contributed by atoms with E-state index in [0.29, 0.717) is 23.8 Å². The number of halogens is 1. The number of phenolic OH excluding ortho intramolecular Hbond substituents is 2. The summed E-state index contributed by atoms with van der Waals surface area (Å²) in [6, 6.07) is 7.75. The minimum Gasteiger partial charge on any atom is -0.507 e. The molecular weight excluding hydrogens is 508 g/mol. The molecule has 2 heterocycles. The minimum absolute atomic E-state index is 0.0139. The Morgan fingerprint density at radius 2 is 1.89 bits per heavy atom. The van der Waals surface area contributed by atoms with Gasteiger partial charge >= 0.3 is 0 Å². The number of fused-ring (bicyclic) bond motifs is 4. The largest absolute Gasteiger partial charge is 0.507 e. The molecule has 0 spiro atoms. The predicted octanol–water partition coefficient (Wildman–Crippen LogP) is 4.86. The van der Waals surface area contributed by atoms with Crippen molar-refractivity contribution >= 4 is 39.9 Å². The third-order valence-electron chi connectivity index (χ3n) is 7.46. The summed E-state index contributed by atoms with van der Waals surface area (Å²) in [4.78, 5) is 39.2. The molecule has 3 N–H and O–H groups in total. The fourth-order valence-electron chi connectivity index (χ4n) is 5.33. The first kappa shape index (κ1) is 25.6. The maximum Gasteiger partial charge on any atom is 0.194 e. The number of allylic oxidation sites excluding steroid dienone is 4. The van der Waals surface area contributed by atoms with Gasteiger partial charge in [-0.1, -0.05) is 17.7 Å². The Balaban J connectivity index is 1.42. The number of aromatic hydroxyl groups is 2. The molecule has 5 rings (SSSR count). The van der Waals surface area contributed by atoms with E-state index in [1.165, 1.54) is 19.9 Å². The third kappa shape index (κ3) is 3.70. The average Bonchev–Trinajstić information content (AvgIpc) is 3.38. The number of nitrogens with zero attached hydrogens (tertiary/aromatic N) is 1. The van der Waals surface area contributed by atoms with Crippen molar-refractivity contribution in [1.29, 1.82) is 0 Å². The Kier molecular flexibility index (Phi) is 6.10. The van der Waals surface area contributed by atoms with Gasteiger partial charge in [0.1, 0.15) is 34.0 Å². The maximum atomic E-state index is 13.9. The predicted molar refractivity (Wildman–Crippen MR) is 143 cm³/mol. The highest BCUT2D eigenvalue weighted by Gasteiger charge is 2.56. The monoisotopic (exact) mass is 534 g/mol. The summed E-state index contributed by atoms with van der Waals surface area (Å²) in [6.45, 7) is 7.13. The molecule has 0 fully saturated rings. The molecule has 2 aliphatic rings. The van der Waals surface area contributed by atoms with Crippen molar-refractivity contribution in [2.45, 2.75) is 46.1 Å². The molecule has 0 amide bonds. The Labute approximate surface area is 224 Å². The molecule has 8 nitrogen and oxygen atoms in total. The van der Waals surface area contributed by atoms with E-state index < -0.39 is 28.5 Å². The molecular formula is C29H27ClN2O6. The van der Waals surface area contributed by atoms with Crippen LogP contribution in [0.2, 0.25) is 5.02 Å². The smallest absolute Gasteiger partial charge is 0.194 e. The van der Waals surface area contributed by atoms with Gasteiger partial charge in [-0.15, -0.1) is 0 Å². The second kappa shape index (κ2) is 9.06. The second-order valence-electron chi connectivity index (χ2n) is 9.88. The quantitative estimate of drug-likeness (QED) is 0.179. The number of carbonyl (C=O) groups is 3. The van der Waals surface area contributed by atoms with E-state index in [9.17, 15) is 24.6 Å². The molecule has 2 aromatic carbocycles. The van der Waals surface area contributed by atoms with Gasteiger partial charge in [-0.3, -0.25) is 14.4 Å². The molecule has 1 aromatic heterocycles. The van der Waals surface area contributed by atoms with Crippen molar-refractivity contribution in [1.82, 2.24) is 9.88 Å². The van der Waals surface area contributed by atoms with Gasteiger partial charge in [0, 0.05) is 47.2 Å². The molecule has 1 atom stereocenters. The second-order valence-corrected chi connectivity index (χ2v) is 10.3. The van der Waals surface area contributed by atoms with Crippen LogP contribution in [0.1, 0.15) is 48.7 Å². The molecule has 0 unspecified atom stereocenters. The fraction of sp³-hybridized carbons (Fsp3) is 0.276. The third-order valence-corrected chi connectivity index (χ3v) is 7.70. The number of aryl methyl sites for hydroxylation is 1. The van der Waals surface area contributed by atoms with E-state index in [2.05, 4.69) is 9.88 Å². The zero-order valence-electron chi connectivity index (χ0n) is 21.4. The summed E-state index contributed by atoms with van der Waals surface area (Å²) in [5.74, 6) is -2.42. The van der Waals surface area contributed by atoms with Gasteiger partial charge in [0.2, 0.25) is 0 Å². The normalized spacial score (nSPS) is 19.7. The standard InChI is InChI=1S/C29H27ClN2O6/c1-14-25(35)23(16(3)33)27-24(26(14)36)29(4)21(38-27)13-20(34)22(28(29)37)15(2)31-9-5-10-32-11-8-17-6-7-18(30)12-19(17)32/h6-8,11-13,31,35-36H,5,9-10H2,1-4H3/t29-/m0/s1. The van der Waals surface area contributed by atoms with Crippen molar-refractivity contribution in [3.05, 3.63) is 75.3 Å². The molecule has 0 saturated heterocycles. The van der Waals surface area contributed by atoms with Gasteiger partial charge in [-0.2, -0.15) is 0 Å². The summed E-state index contributed by atoms with van der Waals surface area (Å²) < 4.78 is 7.89. The molecule has 0 bridgehead atoms. The fourth-order valence-corrected chi connectivity index (χ4v) is 5.49. The highest BCUT2D eigenvalue weighted by atomic mass is 35.5. The van der Waals surface area contributed by atoms with Gasteiger partial charge in [0.05, 0.1) is 11.1 Å². The molecule has 38 heavy (non-hydrogen) atoms. The zero-order chi connectivity index (χ0) is 27.5. The SMILES string of the molecule is CC(=O)c1c(O)c(C)c(O)c2c1OC1=CC(=O)C(=C(C)NCCCn3ccc4ccc(Cl)cc43)C(=O)[C@@]12C. The Morgan fingerprint density at radius 3 is 2.61 bits per heavy atom. The van der Waals surface area contributed by atoms with Gasteiger partial charge in [0.15, 0.2) is 17.3 Å². The summed E-state index contributed by atoms with van der Waals surface area (Å²) >= 11 is 6.14.